The Labute approximate surface area is 168 Å². The smallest absolute Gasteiger partial charge is 0.446 e. The highest BCUT2D eigenvalue weighted by Gasteiger charge is 2.44. The molecule has 29 heavy (non-hydrogen) atoms. The van der Waals surface area contributed by atoms with Crippen LogP contribution in [-0.4, -0.2) is 83.4 Å². The van der Waals surface area contributed by atoms with Gasteiger partial charge in [0.1, 0.15) is 5.75 Å². The van der Waals surface area contributed by atoms with Crippen LogP contribution in [0.1, 0.15) is 24.8 Å². The van der Waals surface area contributed by atoms with E-state index in [4.69, 9.17) is 4.74 Å². The average molecular weight is 396 g/mol. The molecule has 0 atom stereocenters. The van der Waals surface area contributed by atoms with Gasteiger partial charge in [-0.3, -0.25) is 4.79 Å². The number of nitrogens with zero attached hydrogens (tertiary/aromatic N) is 5. The number of urea groups is 1. The standard InChI is InChI=1S/C20H22N5O4/c1-23-18-16(19(27)24(2)20(23)28)21-17(22-18)13-7-6-8-14(11-13)29-12-15(26)25-9-4-3-5-10-25/h6-8,11H,3-5,9-10,12H2,1-2H3/q+1. The van der Waals surface area contributed by atoms with Gasteiger partial charge in [0, 0.05) is 18.7 Å². The third-order valence-electron chi connectivity index (χ3n) is 5.20. The largest absolute Gasteiger partial charge is 0.484 e. The lowest BCUT2D eigenvalue weighted by atomic mass is 10.1. The zero-order chi connectivity index (χ0) is 20.5. The molecule has 1 fully saturated rings. The van der Waals surface area contributed by atoms with Gasteiger partial charge in [-0.15, -0.1) is 0 Å². The second kappa shape index (κ2) is 7.57. The maximum atomic E-state index is 12.3. The van der Waals surface area contributed by atoms with Crippen LogP contribution < -0.4 is 4.74 Å². The number of aliphatic imine (C=N–C) groups is 2. The number of amides is 4. The molecule has 3 aliphatic heterocycles. The van der Waals surface area contributed by atoms with E-state index in [1.165, 1.54) is 11.6 Å². The summed E-state index contributed by atoms with van der Waals surface area (Å²) >= 11 is 0. The average Bonchev–Trinajstić information content (AvgIpc) is 3.21. The molecule has 0 unspecified atom stereocenters. The van der Waals surface area contributed by atoms with E-state index in [0.717, 1.165) is 37.3 Å². The summed E-state index contributed by atoms with van der Waals surface area (Å²) in [4.78, 5) is 48.2. The van der Waals surface area contributed by atoms with Crippen LogP contribution in [0.3, 0.4) is 0 Å². The van der Waals surface area contributed by atoms with Crippen molar-refractivity contribution in [3.8, 4) is 5.75 Å². The molecule has 0 bridgehead atoms. The van der Waals surface area contributed by atoms with E-state index >= 15 is 0 Å². The second-order valence-corrected chi connectivity index (χ2v) is 7.18. The number of amidine groups is 2. The fraction of sp³-hybridized carbons (Fsp3) is 0.400. The molecule has 9 heteroatoms. The van der Waals surface area contributed by atoms with E-state index in [2.05, 4.69) is 9.98 Å². The summed E-state index contributed by atoms with van der Waals surface area (Å²) in [5.74, 6) is 0.569. The van der Waals surface area contributed by atoms with Crippen LogP contribution in [0.2, 0.25) is 0 Å². The third kappa shape index (κ3) is 3.55. The number of carbonyl (C=O) groups excluding carboxylic acids is 3. The first-order chi connectivity index (χ1) is 14.0. The Morgan fingerprint density at radius 2 is 1.93 bits per heavy atom. The lowest BCUT2D eigenvalue weighted by Crippen LogP contribution is -2.51. The molecule has 0 N–H and O–H groups in total. The number of imide groups is 1. The summed E-state index contributed by atoms with van der Waals surface area (Å²) in [7, 11) is 2.96. The van der Waals surface area contributed by atoms with Gasteiger partial charge in [0.25, 0.3) is 5.91 Å². The van der Waals surface area contributed by atoms with Crippen molar-refractivity contribution >= 4 is 35.2 Å². The van der Waals surface area contributed by atoms with E-state index < -0.39 is 11.9 Å². The first-order valence-electron chi connectivity index (χ1n) is 9.57. The summed E-state index contributed by atoms with van der Waals surface area (Å²) in [6, 6.07) is 6.58. The van der Waals surface area contributed by atoms with Gasteiger partial charge in [0.05, 0.1) is 14.1 Å². The van der Waals surface area contributed by atoms with E-state index in [-0.39, 0.29) is 24.1 Å². The van der Waals surface area contributed by atoms with Crippen LogP contribution in [0.25, 0.3) is 0 Å². The number of ether oxygens (including phenoxy) is 1. The molecule has 1 aromatic rings. The summed E-state index contributed by atoms with van der Waals surface area (Å²) in [5.41, 5.74) is 0.773. The van der Waals surface area contributed by atoms with Crippen molar-refractivity contribution in [2.75, 3.05) is 33.8 Å². The second-order valence-electron chi connectivity index (χ2n) is 7.18. The Morgan fingerprint density at radius 3 is 2.69 bits per heavy atom. The molecule has 0 radical (unpaired) electrons. The molecular weight excluding hydrogens is 374 g/mol. The topological polar surface area (TPSA) is 94.7 Å². The van der Waals surface area contributed by atoms with Gasteiger partial charge in [-0.1, -0.05) is 11.1 Å². The van der Waals surface area contributed by atoms with Crippen LogP contribution in [0, 0.1) is 0 Å². The minimum atomic E-state index is -0.485. The normalized spacial score (nSPS) is 19.2. The number of hydrogen-bond acceptors (Lipinski definition) is 6. The quantitative estimate of drug-likeness (QED) is 0.707. The molecule has 3 aliphatic rings. The van der Waals surface area contributed by atoms with E-state index in [0.29, 0.717) is 17.1 Å². The Bertz CT molecular complexity index is 988. The van der Waals surface area contributed by atoms with Crippen LogP contribution in [-0.2, 0) is 9.59 Å². The lowest BCUT2D eigenvalue weighted by molar-refractivity contribution is -0.401. The molecule has 1 aromatic carbocycles. The highest BCUT2D eigenvalue weighted by Crippen LogP contribution is 2.19. The molecule has 4 rings (SSSR count). The van der Waals surface area contributed by atoms with Crippen molar-refractivity contribution in [2.45, 2.75) is 19.3 Å². The van der Waals surface area contributed by atoms with E-state index in [9.17, 15) is 14.4 Å². The van der Waals surface area contributed by atoms with Crippen molar-refractivity contribution in [3.05, 3.63) is 29.8 Å². The van der Waals surface area contributed by atoms with E-state index in [1.807, 2.05) is 4.90 Å². The van der Waals surface area contributed by atoms with Gasteiger partial charge in [-0.05, 0) is 37.5 Å². The fourth-order valence-corrected chi connectivity index (χ4v) is 3.51. The summed E-state index contributed by atoms with van der Waals surface area (Å²) in [5, 5.41) is 0. The number of benzene rings is 1. The predicted molar refractivity (Wildman–Crippen MR) is 106 cm³/mol. The van der Waals surface area contributed by atoms with E-state index in [1.54, 1.807) is 31.3 Å². The molecule has 1 saturated heterocycles. The molecule has 0 spiro atoms. The Hall–Kier alpha value is -3.36. The summed E-state index contributed by atoms with van der Waals surface area (Å²) < 4.78 is 6.97. The first-order valence-corrected chi connectivity index (χ1v) is 9.57. The highest BCUT2D eigenvalue weighted by atomic mass is 16.5. The maximum Gasteiger partial charge on any atom is 0.446 e. The van der Waals surface area contributed by atoms with Crippen molar-refractivity contribution in [3.63, 3.8) is 0 Å². The van der Waals surface area contributed by atoms with Crippen LogP contribution in [0.15, 0.2) is 34.3 Å². The minimum absolute atomic E-state index is 0.0242. The molecule has 4 amide bonds. The molecule has 0 aliphatic carbocycles. The van der Waals surface area contributed by atoms with Crippen LogP contribution in [0.4, 0.5) is 4.79 Å². The number of piperidine rings is 1. The van der Waals surface area contributed by atoms with Crippen LogP contribution in [0.5, 0.6) is 5.75 Å². The number of rotatable bonds is 4. The molecule has 3 heterocycles. The SMILES string of the molecule is CN1C(=O)C2=NC(c3cccc(OCC(=O)N4CCCCC4)c3)=NC2=[N+](C)C1=O. The first kappa shape index (κ1) is 19.0. The number of fused-ring (bicyclic) bond motifs is 1. The Kier molecular flexibility index (Phi) is 4.96. The Balaban J connectivity index is 1.51. The van der Waals surface area contributed by atoms with Crippen LogP contribution >= 0.6 is 0 Å². The Morgan fingerprint density at radius 1 is 1.17 bits per heavy atom. The number of hydrogen-bond donors (Lipinski definition) is 0. The van der Waals surface area contributed by atoms with Gasteiger partial charge in [-0.2, -0.15) is 14.5 Å². The van der Waals surface area contributed by atoms with Crippen molar-refractivity contribution in [2.24, 2.45) is 9.98 Å². The zero-order valence-corrected chi connectivity index (χ0v) is 16.4. The fourth-order valence-electron chi connectivity index (χ4n) is 3.51. The number of likely N-dealkylation sites (tertiary alicyclic amines) is 1. The van der Waals surface area contributed by atoms with Crippen molar-refractivity contribution in [1.82, 2.24) is 9.80 Å². The highest BCUT2D eigenvalue weighted by molar-refractivity contribution is 6.70. The minimum Gasteiger partial charge on any atom is -0.484 e. The monoisotopic (exact) mass is 396 g/mol. The molecule has 9 nitrogen and oxygen atoms in total. The molecule has 150 valence electrons. The van der Waals surface area contributed by atoms with Crippen molar-refractivity contribution in [1.29, 1.82) is 0 Å². The van der Waals surface area contributed by atoms with Crippen molar-refractivity contribution < 1.29 is 23.7 Å². The predicted octanol–water partition coefficient (Wildman–Crippen LogP) is 0.912. The van der Waals surface area contributed by atoms with Gasteiger partial charge < -0.3 is 9.64 Å². The molecule has 0 aromatic heterocycles. The van der Waals surface area contributed by atoms with Gasteiger partial charge >= 0.3 is 17.8 Å². The zero-order valence-electron chi connectivity index (χ0n) is 16.4. The lowest BCUT2D eigenvalue weighted by Gasteiger charge is -2.26. The molecular formula is C20H22N5O4+. The molecule has 0 saturated carbocycles. The summed E-state index contributed by atoms with van der Waals surface area (Å²) in [6.45, 7) is 1.54. The third-order valence-corrected chi connectivity index (χ3v) is 5.20. The maximum absolute atomic E-state index is 12.3. The van der Waals surface area contributed by atoms with Gasteiger partial charge in [0.2, 0.25) is 11.5 Å². The van der Waals surface area contributed by atoms with Gasteiger partial charge in [0.15, 0.2) is 6.61 Å². The summed E-state index contributed by atoms with van der Waals surface area (Å²) in [6.07, 6.45) is 3.23. The number of carbonyl (C=O) groups is 3. The van der Waals surface area contributed by atoms with Gasteiger partial charge in [-0.25, -0.2) is 9.59 Å².